The topological polar surface area (TPSA) is 123 Å². The van der Waals surface area contributed by atoms with Crippen LogP contribution in [-0.2, 0) is 26.2 Å². The van der Waals surface area contributed by atoms with Crippen LogP contribution in [0.5, 0.6) is 17.2 Å². The molecule has 0 saturated carbocycles. The first-order chi connectivity index (χ1) is 16.3. The molecule has 11 heteroatoms. The summed E-state index contributed by atoms with van der Waals surface area (Å²) in [6.07, 6.45) is 1.19. The zero-order chi connectivity index (χ0) is 23.9. The van der Waals surface area contributed by atoms with Crippen LogP contribution in [0.1, 0.15) is 24.0 Å². The van der Waals surface area contributed by atoms with E-state index in [1.807, 2.05) is 12.1 Å². The van der Waals surface area contributed by atoms with Crippen LogP contribution >= 0.6 is 0 Å². The molecular weight excluding hydrogens is 462 g/mol. The summed E-state index contributed by atoms with van der Waals surface area (Å²) >= 11 is 0. The van der Waals surface area contributed by atoms with Gasteiger partial charge in [0.05, 0.1) is 16.5 Å². The monoisotopic (exact) mass is 487 g/mol. The number of anilines is 1. The molecular formula is C23H25N3O7S. The van der Waals surface area contributed by atoms with E-state index in [-0.39, 0.29) is 36.7 Å². The molecule has 1 unspecified atom stereocenters. The third-order valence-electron chi connectivity index (χ3n) is 6.19. The third kappa shape index (κ3) is 4.28. The summed E-state index contributed by atoms with van der Waals surface area (Å²) in [5.41, 5.74) is 1.82. The van der Waals surface area contributed by atoms with Gasteiger partial charge in [-0.3, -0.25) is 9.59 Å². The SMILES string of the molecule is Cc1cc2c(cc1S(=O)(=O)N1CCCC(C(=O)NCc3ccc4c(c3)OCO4)C1)OCC(=O)N2. The molecule has 2 N–H and O–H groups in total. The number of hydrogen-bond donors (Lipinski definition) is 2. The average Bonchev–Trinajstić information content (AvgIpc) is 3.30. The molecule has 5 rings (SSSR count). The molecule has 3 heterocycles. The van der Waals surface area contributed by atoms with Crippen molar-refractivity contribution in [2.45, 2.75) is 31.2 Å². The van der Waals surface area contributed by atoms with Crippen LogP contribution in [0.3, 0.4) is 0 Å². The number of rotatable bonds is 5. The van der Waals surface area contributed by atoms with Crippen molar-refractivity contribution >= 4 is 27.5 Å². The van der Waals surface area contributed by atoms with Crippen LogP contribution in [0.4, 0.5) is 5.69 Å². The molecule has 2 aromatic carbocycles. The number of carbonyl (C=O) groups is 2. The van der Waals surface area contributed by atoms with E-state index in [1.54, 1.807) is 19.1 Å². The van der Waals surface area contributed by atoms with Gasteiger partial charge in [-0.2, -0.15) is 4.31 Å². The predicted molar refractivity (Wildman–Crippen MR) is 121 cm³/mol. The summed E-state index contributed by atoms with van der Waals surface area (Å²) in [5, 5.41) is 5.59. The van der Waals surface area contributed by atoms with Gasteiger partial charge in [-0.1, -0.05) is 6.07 Å². The highest BCUT2D eigenvalue weighted by molar-refractivity contribution is 7.89. The van der Waals surface area contributed by atoms with Crippen LogP contribution in [0, 0.1) is 12.8 Å². The fraction of sp³-hybridized carbons (Fsp3) is 0.391. The van der Waals surface area contributed by atoms with Crippen molar-refractivity contribution in [3.63, 3.8) is 0 Å². The van der Waals surface area contributed by atoms with Crippen LogP contribution in [-0.4, -0.2) is 51.0 Å². The first-order valence-electron chi connectivity index (χ1n) is 11.0. The number of nitrogens with zero attached hydrogens (tertiary/aromatic N) is 1. The minimum absolute atomic E-state index is 0.101. The highest BCUT2D eigenvalue weighted by Crippen LogP contribution is 2.35. The minimum atomic E-state index is -3.85. The maximum atomic E-state index is 13.4. The molecule has 2 amide bonds. The van der Waals surface area contributed by atoms with Gasteiger partial charge in [-0.05, 0) is 49.1 Å². The van der Waals surface area contributed by atoms with E-state index in [1.165, 1.54) is 10.4 Å². The first-order valence-corrected chi connectivity index (χ1v) is 12.5. The molecule has 0 aromatic heterocycles. The van der Waals surface area contributed by atoms with Gasteiger partial charge in [-0.15, -0.1) is 0 Å². The van der Waals surface area contributed by atoms with Crippen molar-refractivity contribution in [3.05, 3.63) is 41.5 Å². The Balaban J connectivity index is 1.27. The summed E-state index contributed by atoms with van der Waals surface area (Å²) in [5.74, 6) is 0.711. The smallest absolute Gasteiger partial charge is 0.262 e. The molecule has 1 atom stereocenters. The normalized spacial score (nSPS) is 19.7. The lowest BCUT2D eigenvalue weighted by Crippen LogP contribution is -2.45. The van der Waals surface area contributed by atoms with E-state index >= 15 is 0 Å². The average molecular weight is 488 g/mol. The van der Waals surface area contributed by atoms with E-state index in [9.17, 15) is 18.0 Å². The van der Waals surface area contributed by atoms with Crippen LogP contribution < -0.4 is 24.8 Å². The molecule has 180 valence electrons. The van der Waals surface area contributed by atoms with Gasteiger partial charge in [-0.25, -0.2) is 8.42 Å². The van der Waals surface area contributed by atoms with Crippen LogP contribution in [0.2, 0.25) is 0 Å². The first kappa shape index (κ1) is 22.5. The van der Waals surface area contributed by atoms with Gasteiger partial charge in [0.1, 0.15) is 5.75 Å². The minimum Gasteiger partial charge on any atom is -0.482 e. The highest BCUT2D eigenvalue weighted by Gasteiger charge is 2.35. The highest BCUT2D eigenvalue weighted by atomic mass is 32.2. The number of fused-ring (bicyclic) bond motifs is 2. The number of hydrogen-bond acceptors (Lipinski definition) is 7. The Morgan fingerprint density at radius 2 is 1.97 bits per heavy atom. The second kappa shape index (κ2) is 8.80. The number of amides is 2. The fourth-order valence-corrected chi connectivity index (χ4v) is 6.14. The number of aryl methyl sites for hydroxylation is 1. The molecule has 1 saturated heterocycles. The van der Waals surface area contributed by atoms with E-state index in [0.717, 1.165) is 5.56 Å². The second-order valence-corrected chi connectivity index (χ2v) is 10.5. The molecule has 34 heavy (non-hydrogen) atoms. The number of sulfonamides is 1. The number of carbonyl (C=O) groups excluding carboxylic acids is 2. The molecule has 0 bridgehead atoms. The van der Waals surface area contributed by atoms with Crippen molar-refractivity contribution in [2.75, 3.05) is 31.8 Å². The third-order valence-corrected chi connectivity index (χ3v) is 8.19. The lowest BCUT2D eigenvalue weighted by Gasteiger charge is -2.32. The predicted octanol–water partition coefficient (Wildman–Crippen LogP) is 1.77. The molecule has 10 nitrogen and oxygen atoms in total. The van der Waals surface area contributed by atoms with E-state index in [0.29, 0.717) is 54.4 Å². The number of piperidine rings is 1. The summed E-state index contributed by atoms with van der Waals surface area (Å²) in [6.45, 7) is 2.44. The molecule has 0 radical (unpaired) electrons. The largest absolute Gasteiger partial charge is 0.482 e. The maximum Gasteiger partial charge on any atom is 0.262 e. The van der Waals surface area contributed by atoms with Gasteiger partial charge >= 0.3 is 0 Å². The number of benzene rings is 2. The summed E-state index contributed by atoms with van der Waals surface area (Å²) in [7, 11) is -3.85. The Hall–Kier alpha value is -3.31. The van der Waals surface area contributed by atoms with Crippen molar-refractivity contribution in [1.82, 2.24) is 9.62 Å². The lowest BCUT2D eigenvalue weighted by molar-refractivity contribution is -0.126. The Morgan fingerprint density at radius 3 is 2.82 bits per heavy atom. The van der Waals surface area contributed by atoms with Crippen molar-refractivity contribution in [3.8, 4) is 17.2 Å². The summed E-state index contributed by atoms with van der Waals surface area (Å²) in [4.78, 5) is 24.5. The van der Waals surface area contributed by atoms with Gasteiger partial charge in [0.15, 0.2) is 18.1 Å². The Morgan fingerprint density at radius 1 is 1.15 bits per heavy atom. The fourth-order valence-electron chi connectivity index (χ4n) is 4.39. The zero-order valence-electron chi connectivity index (χ0n) is 18.6. The Kier molecular flexibility index (Phi) is 5.82. The Labute approximate surface area is 197 Å². The summed E-state index contributed by atoms with van der Waals surface area (Å²) in [6, 6.07) is 8.52. The maximum absolute atomic E-state index is 13.4. The van der Waals surface area contributed by atoms with Crippen molar-refractivity contribution in [2.24, 2.45) is 5.92 Å². The van der Waals surface area contributed by atoms with Crippen molar-refractivity contribution in [1.29, 1.82) is 0 Å². The van der Waals surface area contributed by atoms with E-state index < -0.39 is 15.9 Å². The molecule has 3 aliphatic rings. The van der Waals surface area contributed by atoms with Gasteiger partial charge in [0.25, 0.3) is 5.91 Å². The Bertz CT molecular complexity index is 1260. The van der Waals surface area contributed by atoms with Gasteiger partial charge < -0.3 is 24.8 Å². The van der Waals surface area contributed by atoms with Crippen LogP contribution in [0.25, 0.3) is 0 Å². The molecule has 2 aromatic rings. The van der Waals surface area contributed by atoms with Gasteiger partial charge in [0, 0.05) is 25.7 Å². The quantitative estimate of drug-likeness (QED) is 0.659. The van der Waals surface area contributed by atoms with Crippen LogP contribution in [0.15, 0.2) is 35.2 Å². The van der Waals surface area contributed by atoms with E-state index in [2.05, 4.69) is 10.6 Å². The lowest BCUT2D eigenvalue weighted by atomic mass is 9.98. The van der Waals surface area contributed by atoms with Gasteiger partial charge in [0.2, 0.25) is 22.7 Å². The standard InChI is InChI=1S/C23H25N3O7S/c1-14-7-17-19(31-12-22(27)25-17)9-21(14)34(29,30)26-6-2-3-16(11-26)23(28)24-10-15-4-5-18-20(8-15)33-13-32-18/h4-5,7-9,16H,2-3,6,10-13H2,1H3,(H,24,28)(H,25,27). The number of nitrogens with one attached hydrogen (secondary N) is 2. The second-order valence-electron chi connectivity index (χ2n) is 8.56. The molecule has 0 aliphatic carbocycles. The molecule has 1 fully saturated rings. The zero-order valence-corrected chi connectivity index (χ0v) is 19.4. The van der Waals surface area contributed by atoms with Crippen molar-refractivity contribution < 1.29 is 32.2 Å². The molecule has 0 spiro atoms. The number of ether oxygens (including phenoxy) is 3. The molecule has 3 aliphatic heterocycles. The van der Waals surface area contributed by atoms with E-state index in [4.69, 9.17) is 14.2 Å². The summed E-state index contributed by atoms with van der Waals surface area (Å²) < 4.78 is 44.3.